The standard InChI is InChI=1S/C17H18BrNO2/c1-10(2)13-6-4-5-11(3)16(13)19-17(21)12-7-8-14(18)15(20)9-12/h4-10,20H,1-3H3,(H,19,21). The van der Waals surface area contributed by atoms with Crippen LogP contribution in [0.4, 0.5) is 5.69 Å². The average molecular weight is 348 g/mol. The molecular weight excluding hydrogens is 330 g/mol. The Hall–Kier alpha value is -1.81. The van der Waals surface area contributed by atoms with Crippen molar-refractivity contribution < 1.29 is 9.90 Å². The van der Waals surface area contributed by atoms with Gasteiger partial charge in [0.25, 0.3) is 5.91 Å². The van der Waals surface area contributed by atoms with Crippen molar-refractivity contribution in [1.82, 2.24) is 0 Å². The lowest BCUT2D eigenvalue weighted by Crippen LogP contribution is -2.14. The minimum absolute atomic E-state index is 0.0523. The van der Waals surface area contributed by atoms with Gasteiger partial charge in [-0.15, -0.1) is 0 Å². The fourth-order valence-corrected chi connectivity index (χ4v) is 2.43. The van der Waals surface area contributed by atoms with E-state index in [4.69, 9.17) is 0 Å². The van der Waals surface area contributed by atoms with E-state index in [1.807, 2.05) is 25.1 Å². The molecule has 0 saturated heterocycles. The number of rotatable bonds is 3. The summed E-state index contributed by atoms with van der Waals surface area (Å²) in [6.07, 6.45) is 0. The lowest BCUT2D eigenvalue weighted by Gasteiger charge is -2.16. The summed E-state index contributed by atoms with van der Waals surface area (Å²) < 4.78 is 0.567. The van der Waals surface area contributed by atoms with E-state index in [9.17, 15) is 9.90 Å². The minimum Gasteiger partial charge on any atom is -0.507 e. The summed E-state index contributed by atoms with van der Waals surface area (Å²) in [7, 11) is 0. The molecule has 21 heavy (non-hydrogen) atoms. The first-order valence-corrected chi connectivity index (χ1v) is 7.59. The quantitative estimate of drug-likeness (QED) is 0.834. The molecule has 2 N–H and O–H groups in total. The molecule has 0 atom stereocenters. The summed E-state index contributed by atoms with van der Waals surface area (Å²) in [5.41, 5.74) is 3.40. The van der Waals surface area contributed by atoms with Crippen molar-refractivity contribution in [3.05, 3.63) is 57.6 Å². The van der Waals surface area contributed by atoms with Crippen LogP contribution in [0, 0.1) is 6.92 Å². The van der Waals surface area contributed by atoms with Crippen LogP contribution in [-0.4, -0.2) is 11.0 Å². The van der Waals surface area contributed by atoms with E-state index in [1.54, 1.807) is 12.1 Å². The second-order valence-corrected chi connectivity index (χ2v) is 6.17. The highest BCUT2D eigenvalue weighted by atomic mass is 79.9. The number of aromatic hydroxyl groups is 1. The molecule has 0 aliphatic carbocycles. The van der Waals surface area contributed by atoms with Gasteiger partial charge in [-0.2, -0.15) is 0 Å². The lowest BCUT2D eigenvalue weighted by atomic mass is 9.98. The number of anilines is 1. The van der Waals surface area contributed by atoms with Crippen molar-refractivity contribution in [3.63, 3.8) is 0 Å². The molecule has 110 valence electrons. The van der Waals surface area contributed by atoms with Crippen LogP contribution < -0.4 is 5.32 Å². The molecule has 0 aromatic heterocycles. The van der Waals surface area contributed by atoms with E-state index in [0.29, 0.717) is 16.0 Å². The van der Waals surface area contributed by atoms with Crippen molar-refractivity contribution >= 4 is 27.5 Å². The molecule has 0 saturated carbocycles. The number of hydrogen-bond donors (Lipinski definition) is 2. The van der Waals surface area contributed by atoms with E-state index in [0.717, 1.165) is 16.8 Å². The van der Waals surface area contributed by atoms with Crippen molar-refractivity contribution in [1.29, 1.82) is 0 Å². The summed E-state index contributed by atoms with van der Waals surface area (Å²) in [4.78, 5) is 12.4. The number of carbonyl (C=O) groups is 1. The first-order chi connectivity index (χ1) is 9.90. The summed E-state index contributed by atoms with van der Waals surface area (Å²) in [6, 6.07) is 10.8. The maximum Gasteiger partial charge on any atom is 0.255 e. The van der Waals surface area contributed by atoms with E-state index in [2.05, 4.69) is 35.1 Å². The van der Waals surface area contributed by atoms with E-state index < -0.39 is 0 Å². The van der Waals surface area contributed by atoms with Gasteiger partial charge in [0.2, 0.25) is 0 Å². The first-order valence-electron chi connectivity index (χ1n) is 6.79. The fraction of sp³-hybridized carbons (Fsp3) is 0.235. The van der Waals surface area contributed by atoms with Crippen molar-refractivity contribution in [2.45, 2.75) is 26.7 Å². The maximum atomic E-state index is 12.4. The third-order valence-corrected chi connectivity index (χ3v) is 4.04. The molecule has 2 aromatic carbocycles. The summed E-state index contributed by atoms with van der Waals surface area (Å²) in [5, 5.41) is 12.6. The van der Waals surface area contributed by atoms with Crippen molar-refractivity contribution in [2.75, 3.05) is 5.32 Å². The third-order valence-electron chi connectivity index (χ3n) is 3.37. The highest BCUT2D eigenvalue weighted by molar-refractivity contribution is 9.10. The van der Waals surface area contributed by atoms with Gasteiger partial charge in [0.15, 0.2) is 0 Å². The molecule has 0 heterocycles. The van der Waals surface area contributed by atoms with Gasteiger partial charge in [-0.3, -0.25) is 4.79 Å². The molecule has 2 aromatic rings. The van der Waals surface area contributed by atoms with Crippen LogP contribution in [0.15, 0.2) is 40.9 Å². The number of nitrogens with one attached hydrogen (secondary N) is 1. The number of aryl methyl sites for hydroxylation is 1. The highest BCUT2D eigenvalue weighted by Gasteiger charge is 2.14. The predicted octanol–water partition coefficient (Wildman–Crippen LogP) is 4.84. The second kappa shape index (κ2) is 6.31. The van der Waals surface area contributed by atoms with Gasteiger partial charge in [-0.25, -0.2) is 0 Å². The number of amides is 1. The highest BCUT2D eigenvalue weighted by Crippen LogP contribution is 2.29. The van der Waals surface area contributed by atoms with Gasteiger partial charge in [0.05, 0.1) is 4.47 Å². The predicted molar refractivity (Wildman–Crippen MR) is 89.0 cm³/mol. The Morgan fingerprint density at radius 1 is 1.24 bits per heavy atom. The van der Waals surface area contributed by atoms with Crippen molar-refractivity contribution in [2.24, 2.45) is 0 Å². The molecule has 0 fully saturated rings. The number of benzene rings is 2. The molecule has 0 aliphatic rings. The minimum atomic E-state index is -0.228. The zero-order valence-corrected chi connectivity index (χ0v) is 13.9. The molecule has 0 spiro atoms. The zero-order valence-electron chi connectivity index (χ0n) is 12.3. The van der Waals surface area contributed by atoms with Crippen LogP contribution >= 0.6 is 15.9 Å². The maximum absolute atomic E-state index is 12.4. The van der Waals surface area contributed by atoms with Crippen LogP contribution in [-0.2, 0) is 0 Å². The smallest absolute Gasteiger partial charge is 0.255 e. The van der Waals surface area contributed by atoms with Gasteiger partial charge in [0, 0.05) is 11.3 Å². The van der Waals surface area contributed by atoms with E-state index in [-0.39, 0.29) is 11.7 Å². The van der Waals surface area contributed by atoms with Gasteiger partial charge < -0.3 is 10.4 Å². The van der Waals surface area contributed by atoms with Crippen LogP contribution in [0.25, 0.3) is 0 Å². The molecule has 1 amide bonds. The normalized spacial score (nSPS) is 10.7. The lowest BCUT2D eigenvalue weighted by molar-refractivity contribution is 0.102. The third kappa shape index (κ3) is 3.45. The Morgan fingerprint density at radius 3 is 2.57 bits per heavy atom. The van der Waals surface area contributed by atoms with E-state index >= 15 is 0 Å². The largest absolute Gasteiger partial charge is 0.507 e. The molecule has 4 heteroatoms. The average Bonchev–Trinajstić information content (AvgIpc) is 2.43. The SMILES string of the molecule is Cc1cccc(C(C)C)c1NC(=O)c1ccc(Br)c(O)c1. The topological polar surface area (TPSA) is 49.3 Å². The molecule has 0 aliphatic heterocycles. The Balaban J connectivity index is 2.33. The molecule has 0 unspecified atom stereocenters. The Kier molecular flexibility index (Phi) is 4.68. The Bertz CT molecular complexity index is 680. The molecular formula is C17H18BrNO2. The fourth-order valence-electron chi connectivity index (χ4n) is 2.18. The van der Waals surface area contributed by atoms with E-state index in [1.165, 1.54) is 6.07 Å². The monoisotopic (exact) mass is 347 g/mol. The van der Waals surface area contributed by atoms with Gasteiger partial charge in [-0.1, -0.05) is 32.0 Å². The summed E-state index contributed by atoms with van der Waals surface area (Å²) >= 11 is 3.21. The number of carbonyl (C=O) groups excluding carboxylic acids is 1. The summed E-state index contributed by atoms with van der Waals surface area (Å²) in [6.45, 7) is 6.16. The number of phenols is 1. The van der Waals surface area contributed by atoms with Gasteiger partial charge in [0.1, 0.15) is 5.75 Å². The molecule has 0 radical (unpaired) electrons. The molecule has 3 nitrogen and oxygen atoms in total. The number of para-hydroxylation sites is 1. The Morgan fingerprint density at radius 2 is 1.95 bits per heavy atom. The molecule has 0 bridgehead atoms. The first kappa shape index (κ1) is 15.6. The van der Waals surface area contributed by atoms with Gasteiger partial charge >= 0.3 is 0 Å². The zero-order chi connectivity index (χ0) is 15.6. The number of phenolic OH excluding ortho intramolecular Hbond substituents is 1. The van der Waals surface area contributed by atoms with Gasteiger partial charge in [-0.05, 0) is 58.1 Å². The van der Waals surface area contributed by atoms with Crippen LogP contribution in [0.1, 0.15) is 41.3 Å². The van der Waals surface area contributed by atoms with Crippen LogP contribution in [0.3, 0.4) is 0 Å². The molecule has 2 rings (SSSR count). The Labute approximate surface area is 133 Å². The summed E-state index contributed by atoms with van der Waals surface area (Å²) in [5.74, 6) is 0.143. The van der Waals surface area contributed by atoms with Crippen molar-refractivity contribution in [3.8, 4) is 5.75 Å². The second-order valence-electron chi connectivity index (χ2n) is 5.31. The van der Waals surface area contributed by atoms with Crippen LogP contribution in [0.2, 0.25) is 0 Å². The number of hydrogen-bond acceptors (Lipinski definition) is 2. The number of halogens is 1. The van der Waals surface area contributed by atoms with Crippen LogP contribution in [0.5, 0.6) is 5.75 Å².